The van der Waals surface area contributed by atoms with Gasteiger partial charge in [0.2, 0.25) is 5.91 Å². The van der Waals surface area contributed by atoms with Gasteiger partial charge in [-0.3, -0.25) is 24.3 Å². The normalized spacial score (nSPS) is 14.1. The molecule has 3 amide bonds. The molecular formula is C20H16N4O3S. The zero-order chi connectivity index (χ0) is 19.7. The van der Waals surface area contributed by atoms with E-state index < -0.39 is 23.8 Å². The van der Waals surface area contributed by atoms with Gasteiger partial charge in [-0.1, -0.05) is 18.2 Å². The molecule has 1 aliphatic rings. The van der Waals surface area contributed by atoms with Gasteiger partial charge in [-0.2, -0.15) is 0 Å². The average Bonchev–Trinajstić information content (AvgIpc) is 3.30. The molecule has 0 radical (unpaired) electrons. The lowest BCUT2D eigenvalue weighted by Crippen LogP contribution is -2.47. The fourth-order valence-electron chi connectivity index (χ4n) is 3.00. The lowest BCUT2D eigenvalue weighted by molar-refractivity contribution is -0.124. The van der Waals surface area contributed by atoms with Crippen molar-refractivity contribution in [2.75, 3.05) is 0 Å². The highest BCUT2D eigenvalue weighted by Gasteiger charge is 2.40. The van der Waals surface area contributed by atoms with E-state index in [2.05, 4.69) is 15.3 Å². The summed E-state index contributed by atoms with van der Waals surface area (Å²) < 4.78 is 0. The number of nitrogens with one attached hydrogen (secondary N) is 1. The smallest absolute Gasteiger partial charge is 0.262 e. The summed E-state index contributed by atoms with van der Waals surface area (Å²) in [5.41, 5.74) is 2.11. The molecule has 1 aliphatic heterocycles. The second kappa shape index (κ2) is 7.32. The molecule has 1 aromatic carbocycles. The first-order valence-electron chi connectivity index (χ1n) is 8.66. The highest BCUT2D eigenvalue weighted by Crippen LogP contribution is 2.25. The molecule has 0 spiro atoms. The van der Waals surface area contributed by atoms with Crippen LogP contribution in [0.4, 0.5) is 0 Å². The van der Waals surface area contributed by atoms with Crippen LogP contribution in [0.5, 0.6) is 0 Å². The van der Waals surface area contributed by atoms with Crippen LogP contribution in [0, 0.1) is 0 Å². The molecule has 140 valence electrons. The maximum absolute atomic E-state index is 12.5. The van der Waals surface area contributed by atoms with Crippen molar-refractivity contribution in [3.63, 3.8) is 0 Å². The molecule has 4 rings (SSSR count). The number of carbonyl (C=O) groups excluding carboxylic acids is 3. The van der Waals surface area contributed by atoms with Gasteiger partial charge in [0.25, 0.3) is 11.8 Å². The number of carbonyl (C=O) groups is 3. The Morgan fingerprint density at radius 3 is 2.43 bits per heavy atom. The van der Waals surface area contributed by atoms with Gasteiger partial charge in [0.05, 0.1) is 29.1 Å². The van der Waals surface area contributed by atoms with Crippen molar-refractivity contribution >= 4 is 29.1 Å². The number of rotatable bonds is 5. The van der Waals surface area contributed by atoms with Crippen LogP contribution in [0.25, 0.3) is 10.7 Å². The Labute approximate surface area is 165 Å². The van der Waals surface area contributed by atoms with Crippen molar-refractivity contribution in [3.05, 3.63) is 70.9 Å². The first-order chi connectivity index (χ1) is 13.6. The maximum Gasteiger partial charge on any atom is 0.262 e. The van der Waals surface area contributed by atoms with Gasteiger partial charge >= 0.3 is 0 Å². The Bertz CT molecular complexity index is 1030. The number of fused-ring (bicyclic) bond motifs is 1. The second-order valence-electron chi connectivity index (χ2n) is 6.28. The molecule has 3 aromatic rings. The molecule has 8 heteroatoms. The van der Waals surface area contributed by atoms with Gasteiger partial charge in [-0.25, -0.2) is 4.98 Å². The van der Waals surface area contributed by atoms with E-state index in [0.717, 1.165) is 15.6 Å². The van der Waals surface area contributed by atoms with E-state index in [9.17, 15) is 14.4 Å². The van der Waals surface area contributed by atoms with Gasteiger partial charge in [-0.15, -0.1) is 11.3 Å². The SMILES string of the molecule is CC(C(=O)NCc1csc(-c2ccccn2)n1)N1C(=O)c2ccccc2C1=O. The maximum atomic E-state index is 12.5. The van der Waals surface area contributed by atoms with Gasteiger partial charge in [0, 0.05) is 11.6 Å². The number of benzene rings is 1. The number of hydrogen-bond donors (Lipinski definition) is 1. The van der Waals surface area contributed by atoms with Crippen LogP contribution in [0.3, 0.4) is 0 Å². The van der Waals surface area contributed by atoms with Crippen molar-refractivity contribution < 1.29 is 14.4 Å². The highest BCUT2D eigenvalue weighted by atomic mass is 32.1. The highest BCUT2D eigenvalue weighted by molar-refractivity contribution is 7.13. The molecule has 0 saturated carbocycles. The predicted octanol–water partition coefficient (Wildman–Crippen LogP) is 2.51. The quantitative estimate of drug-likeness (QED) is 0.674. The largest absolute Gasteiger partial charge is 0.349 e. The first-order valence-corrected chi connectivity index (χ1v) is 9.54. The van der Waals surface area contributed by atoms with E-state index in [4.69, 9.17) is 0 Å². The Balaban J connectivity index is 1.42. The first kappa shape index (κ1) is 18.0. The zero-order valence-corrected chi connectivity index (χ0v) is 15.8. The molecule has 7 nitrogen and oxygen atoms in total. The molecule has 0 fully saturated rings. The van der Waals surface area contributed by atoms with E-state index >= 15 is 0 Å². The number of nitrogens with zero attached hydrogens (tertiary/aromatic N) is 3. The molecule has 1 N–H and O–H groups in total. The minimum absolute atomic E-state index is 0.204. The summed E-state index contributed by atoms with van der Waals surface area (Å²) in [6, 6.07) is 11.2. The Kier molecular flexibility index (Phi) is 4.70. The van der Waals surface area contributed by atoms with Crippen molar-refractivity contribution in [2.45, 2.75) is 19.5 Å². The van der Waals surface area contributed by atoms with Crippen molar-refractivity contribution in [3.8, 4) is 10.7 Å². The van der Waals surface area contributed by atoms with Crippen molar-refractivity contribution in [1.29, 1.82) is 0 Å². The second-order valence-corrected chi connectivity index (χ2v) is 7.14. The van der Waals surface area contributed by atoms with E-state index in [0.29, 0.717) is 16.8 Å². The van der Waals surface area contributed by atoms with Crippen molar-refractivity contribution in [2.24, 2.45) is 0 Å². The lowest BCUT2D eigenvalue weighted by Gasteiger charge is -2.21. The van der Waals surface area contributed by atoms with E-state index in [1.54, 1.807) is 30.5 Å². The third kappa shape index (κ3) is 3.18. The summed E-state index contributed by atoms with van der Waals surface area (Å²) in [4.78, 5) is 47.2. The van der Waals surface area contributed by atoms with Crippen LogP contribution < -0.4 is 5.32 Å². The van der Waals surface area contributed by atoms with Crippen LogP contribution in [0.1, 0.15) is 33.3 Å². The van der Waals surface area contributed by atoms with Gasteiger partial charge in [0.1, 0.15) is 11.0 Å². The third-order valence-corrected chi connectivity index (χ3v) is 5.39. The fourth-order valence-corrected chi connectivity index (χ4v) is 3.79. The Hall–Kier alpha value is -3.39. The molecule has 1 unspecified atom stereocenters. The van der Waals surface area contributed by atoms with Gasteiger partial charge in [-0.05, 0) is 31.2 Å². The summed E-state index contributed by atoms with van der Waals surface area (Å²) in [5.74, 6) is -1.31. The van der Waals surface area contributed by atoms with E-state index in [-0.39, 0.29) is 6.54 Å². The van der Waals surface area contributed by atoms with E-state index in [1.807, 2.05) is 23.6 Å². The average molecular weight is 392 g/mol. The van der Waals surface area contributed by atoms with E-state index in [1.165, 1.54) is 18.3 Å². The summed E-state index contributed by atoms with van der Waals surface area (Å²) in [6.45, 7) is 1.74. The Morgan fingerprint density at radius 2 is 1.79 bits per heavy atom. The minimum Gasteiger partial charge on any atom is -0.349 e. The molecule has 0 bridgehead atoms. The van der Waals surface area contributed by atoms with Crippen LogP contribution in [0.2, 0.25) is 0 Å². The van der Waals surface area contributed by atoms with Crippen LogP contribution >= 0.6 is 11.3 Å². The molecule has 0 saturated heterocycles. The van der Waals surface area contributed by atoms with Crippen LogP contribution in [-0.4, -0.2) is 38.6 Å². The number of pyridine rings is 1. The minimum atomic E-state index is -0.915. The number of aromatic nitrogens is 2. The third-order valence-electron chi connectivity index (χ3n) is 4.47. The van der Waals surface area contributed by atoms with Crippen molar-refractivity contribution in [1.82, 2.24) is 20.2 Å². The number of hydrogen-bond acceptors (Lipinski definition) is 6. The summed E-state index contributed by atoms with van der Waals surface area (Å²) in [7, 11) is 0. The summed E-state index contributed by atoms with van der Waals surface area (Å²) in [6.07, 6.45) is 1.70. The summed E-state index contributed by atoms with van der Waals surface area (Å²) in [5, 5.41) is 5.35. The lowest BCUT2D eigenvalue weighted by atomic mass is 10.1. The molecule has 3 heterocycles. The monoisotopic (exact) mass is 392 g/mol. The molecule has 2 aromatic heterocycles. The standard InChI is InChI=1S/C20H16N4O3S/c1-12(24-19(26)14-6-2-3-7-15(14)20(24)27)17(25)22-10-13-11-28-18(23-13)16-8-4-5-9-21-16/h2-9,11-12H,10H2,1H3,(H,22,25). The number of amides is 3. The number of thiazole rings is 1. The van der Waals surface area contributed by atoms with Gasteiger partial charge in [0.15, 0.2) is 0 Å². The zero-order valence-electron chi connectivity index (χ0n) is 15.0. The molecular weight excluding hydrogens is 376 g/mol. The van der Waals surface area contributed by atoms with Gasteiger partial charge < -0.3 is 5.32 Å². The molecule has 28 heavy (non-hydrogen) atoms. The van der Waals surface area contributed by atoms with Crippen LogP contribution in [-0.2, 0) is 11.3 Å². The molecule has 1 atom stereocenters. The topological polar surface area (TPSA) is 92.3 Å². The summed E-state index contributed by atoms with van der Waals surface area (Å²) >= 11 is 1.44. The Morgan fingerprint density at radius 1 is 1.11 bits per heavy atom. The predicted molar refractivity (Wildman–Crippen MR) is 104 cm³/mol. The fraction of sp³-hybridized carbons (Fsp3) is 0.150. The van der Waals surface area contributed by atoms with Crippen LogP contribution in [0.15, 0.2) is 54.0 Å². The molecule has 0 aliphatic carbocycles. The number of imide groups is 1.